The van der Waals surface area contributed by atoms with Crippen molar-refractivity contribution in [1.29, 1.82) is 0 Å². The molecule has 1 N–H and O–H groups in total. The van der Waals surface area contributed by atoms with Crippen molar-refractivity contribution in [3.63, 3.8) is 0 Å². The fraction of sp³-hybridized carbons (Fsp3) is 0.900. The fourth-order valence-electron chi connectivity index (χ4n) is 2.67. The summed E-state index contributed by atoms with van der Waals surface area (Å²) in [5, 5.41) is 3.48. The molecule has 1 nitrogen and oxygen atoms in total. The summed E-state index contributed by atoms with van der Waals surface area (Å²) >= 11 is 0. The molecule has 0 saturated heterocycles. The second kappa shape index (κ2) is 13.2. The van der Waals surface area contributed by atoms with Crippen LogP contribution in [0, 0.1) is 17.8 Å². The van der Waals surface area contributed by atoms with Crippen LogP contribution in [0.4, 0.5) is 0 Å². The van der Waals surface area contributed by atoms with Crippen LogP contribution < -0.4 is 5.32 Å². The number of hydrogen-bond acceptors (Lipinski definition) is 1. The molecule has 0 saturated carbocycles. The average Bonchev–Trinajstić information content (AvgIpc) is 2.44. The van der Waals surface area contributed by atoms with Crippen LogP contribution in [0.15, 0.2) is 12.3 Å². The number of rotatable bonds is 14. The topological polar surface area (TPSA) is 12.0 Å². The largest absolute Gasteiger partial charge is 0.388 e. The second-order valence-electron chi connectivity index (χ2n) is 7.40. The molecule has 126 valence electrons. The minimum absolute atomic E-state index is 0.546. The van der Waals surface area contributed by atoms with Crippen LogP contribution in [0.5, 0.6) is 0 Å². The lowest BCUT2D eigenvalue weighted by atomic mass is 9.94. The van der Waals surface area contributed by atoms with Gasteiger partial charge in [0.15, 0.2) is 0 Å². The molecule has 21 heavy (non-hydrogen) atoms. The van der Waals surface area contributed by atoms with Gasteiger partial charge in [-0.1, -0.05) is 92.6 Å². The first-order valence-electron chi connectivity index (χ1n) is 9.40. The van der Waals surface area contributed by atoms with Crippen molar-refractivity contribution in [1.82, 2.24) is 5.32 Å². The van der Waals surface area contributed by atoms with Gasteiger partial charge in [-0.15, -0.1) is 0 Å². The third-order valence-corrected chi connectivity index (χ3v) is 4.57. The molecule has 0 aliphatic carbocycles. The van der Waals surface area contributed by atoms with Gasteiger partial charge in [0.1, 0.15) is 0 Å². The maximum absolute atomic E-state index is 4.08. The van der Waals surface area contributed by atoms with E-state index in [1.54, 1.807) is 0 Å². The lowest BCUT2D eigenvalue weighted by Gasteiger charge is -2.18. The predicted octanol–water partition coefficient (Wildman–Crippen LogP) is 6.55. The maximum atomic E-state index is 4.08. The molecule has 0 aliphatic rings. The second-order valence-corrected chi connectivity index (χ2v) is 7.40. The Hall–Kier alpha value is -0.460. The molecule has 1 heteroatoms. The van der Waals surface area contributed by atoms with Crippen molar-refractivity contribution in [3.05, 3.63) is 12.3 Å². The molecule has 0 rings (SSSR count). The molecule has 0 amide bonds. The van der Waals surface area contributed by atoms with Gasteiger partial charge < -0.3 is 5.32 Å². The number of hydrogen-bond donors (Lipinski definition) is 1. The molecule has 0 aliphatic heterocycles. The van der Waals surface area contributed by atoms with E-state index in [0.29, 0.717) is 5.92 Å². The van der Waals surface area contributed by atoms with E-state index in [0.717, 1.165) is 18.4 Å². The first-order valence-corrected chi connectivity index (χ1v) is 9.40. The SMILES string of the molecule is C=C(NCC(C)CCCC(C)CCCCCCC)C(C)C. The molecule has 2 unspecified atom stereocenters. The Kier molecular flexibility index (Phi) is 12.9. The highest BCUT2D eigenvalue weighted by Crippen LogP contribution is 2.18. The smallest absolute Gasteiger partial charge is 0.0169 e. The molecule has 0 aromatic rings. The summed E-state index contributed by atoms with van der Waals surface area (Å²) in [5.74, 6) is 2.22. The van der Waals surface area contributed by atoms with Gasteiger partial charge in [0.25, 0.3) is 0 Å². The van der Waals surface area contributed by atoms with Crippen LogP contribution in [-0.4, -0.2) is 6.54 Å². The Balaban J connectivity index is 3.48. The minimum atomic E-state index is 0.546. The lowest BCUT2D eigenvalue weighted by molar-refractivity contribution is 0.403. The summed E-state index contributed by atoms with van der Waals surface area (Å²) in [6.45, 7) is 16.6. The van der Waals surface area contributed by atoms with Crippen LogP contribution in [0.1, 0.15) is 92.4 Å². The van der Waals surface area contributed by atoms with Gasteiger partial charge in [0, 0.05) is 12.2 Å². The normalized spacial score (nSPS) is 14.2. The summed E-state index contributed by atoms with van der Waals surface area (Å²) < 4.78 is 0. The van der Waals surface area contributed by atoms with Crippen LogP contribution >= 0.6 is 0 Å². The molecular formula is C20H41N. The highest BCUT2D eigenvalue weighted by Gasteiger charge is 2.07. The van der Waals surface area contributed by atoms with Crippen molar-refractivity contribution in [3.8, 4) is 0 Å². The summed E-state index contributed by atoms with van der Waals surface area (Å²) in [5.41, 5.74) is 1.18. The standard InChI is InChI=1S/C20H41N/c1-7-8-9-10-11-13-18(4)14-12-15-19(5)16-21-20(6)17(2)3/h17-19,21H,6-16H2,1-5H3. The number of nitrogens with one attached hydrogen (secondary N) is 1. The summed E-state index contributed by atoms with van der Waals surface area (Å²) in [6.07, 6.45) is 12.6. The zero-order valence-corrected chi connectivity index (χ0v) is 15.5. The van der Waals surface area contributed by atoms with E-state index >= 15 is 0 Å². The average molecular weight is 296 g/mol. The molecule has 0 radical (unpaired) electrons. The van der Waals surface area contributed by atoms with Gasteiger partial charge in [-0.05, 0) is 24.2 Å². The molecule has 0 aromatic carbocycles. The van der Waals surface area contributed by atoms with Gasteiger partial charge in [-0.25, -0.2) is 0 Å². The first kappa shape index (κ1) is 20.5. The zero-order chi connectivity index (χ0) is 16.1. The molecule has 0 fully saturated rings. The Bertz CT molecular complexity index is 244. The minimum Gasteiger partial charge on any atom is -0.388 e. The van der Waals surface area contributed by atoms with Gasteiger partial charge >= 0.3 is 0 Å². The highest BCUT2D eigenvalue weighted by atomic mass is 14.9. The predicted molar refractivity (Wildman–Crippen MR) is 97.5 cm³/mol. The molecule has 0 heterocycles. The van der Waals surface area contributed by atoms with Crippen LogP contribution in [0.3, 0.4) is 0 Å². The molecule has 0 spiro atoms. The van der Waals surface area contributed by atoms with Crippen molar-refractivity contribution in [2.75, 3.05) is 6.54 Å². The molecule has 0 aromatic heterocycles. The van der Waals surface area contributed by atoms with Crippen molar-refractivity contribution in [2.45, 2.75) is 92.4 Å². The van der Waals surface area contributed by atoms with Gasteiger partial charge in [-0.2, -0.15) is 0 Å². The van der Waals surface area contributed by atoms with E-state index in [9.17, 15) is 0 Å². The van der Waals surface area contributed by atoms with Crippen LogP contribution in [0.2, 0.25) is 0 Å². The van der Waals surface area contributed by atoms with Crippen molar-refractivity contribution < 1.29 is 0 Å². The fourth-order valence-corrected chi connectivity index (χ4v) is 2.67. The van der Waals surface area contributed by atoms with Crippen molar-refractivity contribution in [2.24, 2.45) is 17.8 Å². The monoisotopic (exact) mass is 295 g/mol. The third-order valence-electron chi connectivity index (χ3n) is 4.57. The Labute approximate surface area is 135 Å². The molecule has 2 atom stereocenters. The van der Waals surface area contributed by atoms with E-state index in [1.165, 1.54) is 63.5 Å². The highest BCUT2D eigenvalue weighted by molar-refractivity contribution is 4.94. The van der Waals surface area contributed by atoms with E-state index in [1.807, 2.05) is 0 Å². The lowest BCUT2D eigenvalue weighted by Crippen LogP contribution is -2.22. The quantitative estimate of drug-likeness (QED) is 0.358. The van der Waals surface area contributed by atoms with E-state index in [-0.39, 0.29) is 0 Å². The van der Waals surface area contributed by atoms with Crippen LogP contribution in [-0.2, 0) is 0 Å². The Morgan fingerprint density at radius 2 is 1.38 bits per heavy atom. The maximum Gasteiger partial charge on any atom is 0.0169 e. The van der Waals surface area contributed by atoms with Crippen LogP contribution in [0.25, 0.3) is 0 Å². The zero-order valence-electron chi connectivity index (χ0n) is 15.5. The summed E-state index contributed by atoms with van der Waals surface area (Å²) in [6, 6.07) is 0. The van der Waals surface area contributed by atoms with E-state index in [2.05, 4.69) is 46.5 Å². The van der Waals surface area contributed by atoms with Gasteiger partial charge in [-0.3, -0.25) is 0 Å². The number of allylic oxidation sites excluding steroid dienone is 1. The third kappa shape index (κ3) is 13.0. The molecule has 0 bridgehead atoms. The Morgan fingerprint density at radius 1 is 0.810 bits per heavy atom. The first-order chi connectivity index (χ1) is 9.97. The summed E-state index contributed by atoms with van der Waals surface area (Å²) in [7, 11) is 0. The summed E-state index contributed by atoms with van der Waals surface area (Å²) in [4.78, 5) is 0. The number of unbranched alkanes of at least 4 members (excludes halogenated alkanes) is 4. The molecular weight excluding hydrogens is 254 g/mol. The van der Waals surface area contributed by atoms with E-state index in [4.69, 9.17) is 0 Å². The van der Waals surface area contributed by atoms with E-state index < -0.39 is 0 Å². The van der Waals surface area contributed by atoms with Gasteiger partial charge in [0.05, 0.1) is 0 Å². The Morgan fingerprint density at radius 3 is 2.00 bits per heavy atom. The van der Waals surface area contributed by atoms with Gasteiger partial charge in [0.2, 0.25) is 0 Å². The van der Waals surface area contributed by atoms with Crippen molar-refractivity contribution >= 4 is 0 Å².